The predicted octanol–water partition coefficient (Wildman–Crippen LogP) is 6.41. The van der Waals surface area contributed by atoms with E-state index < -0.39 is 24.0 Å². The Morgan fingerprint density at radius 3 is 1.02 bits per heavy atom. The fourth-order valence-electron chi connectivity index (χ4n) is 4.28. The summed E-state index contributed by atoms with van der Waals surface area (Å²) in [6.45, 7) is 19.6. The third-order valence-electron chi connectivity index (χ3n) is 7.24. The van der Waals surface area contributed by atoms with Gasteiger partial charge in [-0.15, -0.1) is 0 Å². The molecule has 0 unspecified atom stereocenters. The summed E-state index contributed by atoms with van der Waals surface area (Å²) in [7, 11) is 0. The number of aliphatic carboxylic acids is 2. The summed E-state index contributed by atoms with van der Waals surface area (Å²) in [6, 6.07) is -1.86. The van der Waals surface area contributed by atoms with Crippen LogP contribution in [0.25, 0.3) is 0 Å². The van der Waals surface area contributed by atoms with Crippen LogP contribution < -0.4 is 20.8 Å². The number of allylic oxidation sites excluding steroid dienone is 10. The first kappa shape index (κ1) is 53.9. The van der Waals surface area contributed by atoms with Gasteiger partial charge in [0, 0.05) is 36.9 Å². The average molecular weight is 821 g/mol. The van der Waals surface area contributed by atoms with E-state index in [1.807, 2.05) is 0 Å². The molecule has 2 N–H and O–H groups in total. The summed E-state index contributed by atoms with van der Waals surface area (Å²) < 4.78 is 0. The van der Waals surface area contributed by atoms with Crippen LogP contribution in [0.5, 0.6) is 0 Å². The maximum Gasteiger partial charge on any atom is 2.00 e. The van der Waals surface area contributed by atoms with E-state index in [0.717, 1.165) is 62.9 Å². The Bertz CT molecular complexity index is 1140. The number of thioether (sulfide) groups is 2. The molecule has 0 aromatic heterocycles. The van der Waals surface area contributed by atoms with Crippen molar-refractivity contribution in [1.82, 2.24) is 10.6 Å². The van der Waals surface area contributed by atoms with Gasteiger partial charge in [0.05, 0.1) is 24.0 Å². The Morgan fingerprint density at radius 2 is 0.765 bits per heavy atom. The summed E-state index contributed by atoms with van der Waals surface area (Å²) in [4.78, 5) is 43.7. The molecule has 0 aromatic carbocycles. The van der Waals surface area contributed by atoms with E-state index in [-0.39, 0.29) is 57.3 Å². The van der Waals surface area contributed by atoms with Gasteiger partial charge in [-0.05, 0) is 107 Å². The number of carboxylic acid groups (broad SMARTS) is 2. The number of rotatable bonds is 24. The molecular formula is C40H64N2O6S2Sr. The number of carboxylic acids is 2. The number of carbonyl (C=O) groups is 4. The number of hydrogen-bond donors (Lipinski definition) is 2. The van der Waals surface area contributed by atoms with Gasteiger partial charge in [0.1, 0.15) is 0 Å². The van der Waals surface area contributed by atoms with Crippen molar-refractivity contribution in [2.24, 2.45) is 0 Å². The molecule has 8 nitrogen and oxygen atoms in total. The topological polar surface area (TPSA) is 138 Å². The fourth-order valence-corrected chi connectivity index (χ4v) is 6.27. The second kappa shape index (κ2) is 34.3. The molecule has 0 bridgehead atoms. The van der Waals surface area contributed by atoms with Crippen molar-refractivity contribution in [2.45, 2.75) is 133 Å². The van der Waals surface area contributed by atoms with Gasteiger partial charge >= 0.3 is 45.5 Å². The molecule has 0 fully saturated rings. The zero-order valence-corrected chi connectivity index (χ0v) is 38.2. The van der Waals surface area contributed by atoms with Crippen LogP contribution in [-0.2, 0) is 19.2 Å². The van der Waals surface area contributed by atoms with E-state index in [1.165, 1.54) is 70.8 Å². The van der Waals surface area contributed by atoms with Crippen LogP contribution in [0.4, 0.5) is 0 Å². The molecule has 0 aromatic rings. The number of carbonyl (C=O) groups excluding carboxylic acids is 4. The normalized spacial score (nSPS) is 13.1. The Morgan fingerprint density at radius 1 is 0.490 bits per heavy atom. The molecule has 0 aliphatic carbocycles. The molecule has 0 rings (SSSR count). The largest absolute Gasteiger partial charge is 2.00 e. The van der Waals surface area contributed by atoms with Crippen LogP contribution >= 0.6 is 23.5 Å². The minimum absolute atomic E-state index is 0. The molecule has 0 saturated heterocycles. The molecule has 2 amide bonds. The van der Waals surface area contributed by atoms with Gasteiger partial charge in [-0.25, -0.2) is 0 Å². The third kappa shape index (κ3) is 38.0. The maximum absolute atomic E-state index is 10.9. The van der Waals surface area contributed by atoms with E-state index in [0.29, 0.717) is 11.5 Å². The zero-order valence-electron chi connectivity index (χ0n) is 33.1. The van der Waals surface area contributed by atoms with Gasteiger partial charge in [0.25, 0.3) is 0 Å². The molecule has 0 radical (unpaired) electrons. The third-order valence-corrected chi connectivity index (χ3v) is 9.18. The first-order valence-corrected chi connectivity index (χ1v) is 19.8. The van der Waals surface area contributed by atoms with Crippen molar-refractivity contribution in [2.75, 3.05) is 23.0 Å². The quantitative estimate of drug-likeness (QED) is 0.0648. The van der Waals surface area contributed by atoms with Crippen molar-refractivity contribution in [3.05, 3.63) is 69.9 Å². The maximum atomic E-state index is 10.9. The summed E-state index contributed by atoms with van der Waals surface area (Å²) in [5.74, 6) is -1.09. The van der Waals surface area contributed by atoms with Crippen LogP contribution in [0.1, 0.15) is 121 Å². The monoisotopic (exact) mass is 820 g/mol. The van der Waals surface area contributed by atoms with Gasteiger partial charge in [-0.1, -0.05) is 69.9 Å². The Hall–Kier alpha value is -1.50. The molecule has 0 aliphatic heterocycles. The molecule has 284 valence electrons. The van der Waals surface area contributed by atoms with E-state index in [2.05, 4.69) is 102 Å². The minimum atomic E-state index is -1.24. The standard InChI is InChI=1S/2C20H33NO3S.Sr/c2*1-15(2)8-6-9-16(3)10-7-11-17(4)12-13-25-14-19(20(23)24)21-18(5)22;/h2*8,10,12,19H,6-7,9,11,13-14H2,1-5H3,(H,21,22)(H,23,24);/q;;+2/p-2/b2*16-10+,17-12+;/t2*19-;/m00./s1. The fraction of sp³-hybridized carbons (Fsp3) is 0.600. The number of hydrogen-bond acceptors (Lipinski definition) is 8. The molecule has 2 atom stereocenters. The van der Waals surface area contributed by atoms with Gasteiger partial charge in [-0.2, -0.15) is 23.5 Å². The van der Waals surface area contributed by atoms with E-state index >= 15 is 0 Å². The van der Waals surface area contributed by atoms with Crippen LogP contribution in [0.15, 0.2) is 69.9 Å². The van der Waals surface area contributed by atoms with Crippen LogP contribution in [0.3, 0.4) is 0 Å². The second-order valence-electron chi connectivity index (χ2n) is 13.1. The molecule has 11 heteroatoms. The molecule has 0 saturated carbocycles. The van der Waals surface area contributed by atoms with Gasteiger partial charge in [0.2, 0.25) is 11.8 Å². The Labute approximate surface area is 355 Å². The van der Waals surface area contributed by atoms with Crippen molar-refractivity contribution in [1.29, 1.82) is 0 Å². The van der Waals surface area contributed by atoms with Crippen molar-refractivity contribution >= 4 is 92.8 Å². The van der Waals surface area contributed by atoms with E-state index in [1.54, 1.807) is 0 Å². The first-order chi connectivity index (χ1) is 23.4. The van der Waals surface area contributed by atoms with Crippen molar-refractivity contribution in [3.8, 4) is 0 Å². The van der Waals surface area contributed by atoms with Crippen LogP contribution in [0, 0.1) is 0 Å². The van der Waals surface area contributed by atoms with Gasteiger partial charge < -0.3 is 30.4 Å². The summed E-state index contributed by atoms with van der Waals surface area (Å²) in [5, 5.41) is 26.6. The zero-order chi connectivity index (χ0) is 38.5. The molecular weight excluding hydrogens is 756 g/mol. The van der Waals surface area contributed by atoms with Gasteiger partial charge in [-0.3, -0.25) is 9.59 Å². The average Bonchev–Trinajstić information content (AvgIpc) is 2.99. The van der Waals surface area contributed by atoms with Crippen molar-refractivity contribution in [3.63, 3.8) is 0 Å². The molecule has 51 heavy (non-hydrogen) atoms. The molecule has 0 aliphatic rings. The first-order valence-electron chi connectivity index (χ1n) is 17.4. The minimum Gasteiger partial charge on any atom is -0.548 e. The van der Waals surface area contributed by atoms with Gasteiger partial charge in [0.15, 0.2) is 0 Å². The smallest absolute Gasteiger partial charge is 0.548 e. The van der Waals surface area contributed by atoms with Crippen LogP contribution in [-0.4, -0.2) is 104 Å². The molecule has 0 heterocycles. The van der Waals surface area contributed by atoms with Crippen LogP contribution in [0.2, 0.25) is 0 Å². The number of amides is 2. The second-order valence-corrected chi connectivity index (χ2v) is 15.3. The van der Waals surface area contributed by atoms with E-state index in [4.69, 9.17) is 0 Å². The summed E-state index contributed by atoms with van der Waals surface area (Å²) in [6.07, 6.45) is 21.9. The summed E-state index contributed by atoms with van der Waals surface area (Å²) in [5.41, 5.74) is 8.17. The summed E-state index contributed by atoms with van der Waals surface area (Å²) >= 11 is 2.96. The SMILES string of the molecule is CC(=O)N[C@@H](CSC/C=C(\C)CC/C=C(\C)CCC=C(C)C)C(=O)[O-].CC(=O)N[C@@H](CSC/C=C(\C)CC/C=C(\C)CCC=C(C)C)C(=O)[O-].[Sr+2]. The number of nitrogens with one attached hydrogen (secondary N) is 2. The van der Waals surface area contributed by atoms with E-state index in [9.17, 15) is 29.4 Å². The predicted molar refractivity (Wildman–Crippen MR) is 216 cm³/mol. The Balaban J connectivity index is -0.000000886. The molecule has 0 spiro atoms. The Kier molecular flexibility index (Phi) is 36.2. The van der Waals surface area contributed by atoms with Crippen molar-refractivity contribution < 1.29 is 29.4 Å².